The van der Waals surface area contributed by atoms with Gasteiger partial charge in [-0.2, -0.15) is 0 Å². The first-order valence-corrected chi connectivity index (χ1v) is 5.58. The number of rotatable bonds is 4. The minimum atomic E-state index is -0.719. The van der Waals surface area contributed by atoms with Gasteiger partial charge in [0, 0.05) is 12.6 Å². The highest BCUT2D eigenvalue weighted by atomic mass is 16.4. The molecular weight excluding hydrogens is 192 g/mol. The summed E-state index contributed by atoms with van der Waals surface area (Å²) >= 11 is 0. The Morgan fingerprint density at radius 2 is 2.00 bits per heavy atom. The van der Waals surface area contributed by atoms with Crippen LogP contribution in [0.25, 0.3) is 0 Å². The summed E-state index contributed by atoms with van der Waals surface area (Å²) < 4.78 is 0. The second-order valence-corrected chi connectivity index (χ2v) is 5.09. The van der Waals surface area contributed by atoms with E-state index in [9.17, 15) is 4.79 Å². The molecule has 0 bridgehead atoms. The third kappa shape index (κ3) is 3.47. The third-order valence-corrected chi connectivity index (χ3v) is 3.16. The molecule has 1 saturated heterocycles. The normalized spacial score (nSPS) is 19.5. The standard InChI is InChI=1S/C11H22N2O2/c1-11(2,10(14)15)8-13(3)9-4-6-12-7-5-9/h9,12H,4-8H2,1-3H3,(H,14,15). The fraction of sp³-hybridized carbons (Fsp3) is 0.909. The van der Waals surface area contributed by atoms with Gasteiger partial charge in [-0.15, -0.1) is 0 Å². The summed E-state index contributed by atoms with van der Waals surface area (Å²) in [6.45, 7) is 6.28. The molecule has 0 amide bonds. The van der Waals surface area contributed by atoms with Gasteiger partial charge in [0.05, 0.1) is 5.41 Å². The van der Waals surface area contributed by atoms with Gasteiger partial charge in [-0.25, -0.2) is 0 Å². The van der Waals surface area contributed by atoms with Gasteiger partial charge in [-0.1, -0.05) is 0 Å². The molecule has 1 aliphatic heterocycles. The Kier molecular flexibility index (Phi) is 4.11. The molecule has 0 atom stereocenters. The molecule has 88 valence electrons. The summed E-state index contributed by atoms with van der Waals surface area (Å²) in [5.41, 5.74) is -0.653. The molecule has 2 N–H and O–H groups in total. The van der Waals surface area contributed by atoms with E-state index in [1.54, 1.807) is 13.8 Å². The Bertz CT molecular complexity index is 223. The topological polar surface area (TPSA) is 52.6 Å². The molecule has 1 fully saturated rings. The van der Waals surface area contributed by atoms with Crippen molar-refractivity contribution in [1.29, 1.82) is 0 Å². The predicted molar refractivity (Wildman–Crippen MR) is 59.9 cm³/mol. The average Bonchev–Trinajstić information content (AvgIpc) is 2.18. The van der Waals surface area contributed by atoms with Crippen molar-refractivity contribution in [3.63, 3.8) is 0 Å². The van der Waals surface area contributed by atoms with E-state index in [0.717, 1.165) is 25.9 Å². The molecule has 0 spiro atoms. The van der Waals surface area contributed by atoms with Crippen LogP contribution in [0.3, 0.4) is 0 Å². The van der Waals surface area contributed by atoms with Gasteiger partial charge in [-0.3, -0.25) is 4.79 Å². The lowest BCUT2D eigenvalue weighted by atomic mass is 9.92. The zero-order valence-corrected chi connectivity index (χ0v) is 9.92. The molecule has 1 rings (SSSR count). The largest absolute Gasteiger partial charge is 0.481 e. The second-order valence-electron chi connectivity index (χ2n) is 5.09. The molecule has 15 heavy (non-hydrogen) atoms. The van der Waals surface area contributed by atoms with Gasteiger partial charge in [-0.05, 0) is 46.8 Å². The summed E-state index contributed by atoms with van der Waals surface area (Å²) in [5, 5.41) is 12.4. The van der Waals surface area contributed by atoms with E-state index in [0.29, 0.717) is 12.6 Å². The smallest absolute Gasteiger partial charge is 0.310 e. The van der Waals surface area contributed by atoms with Crippen LogP contribution in [0.5, 0.6) is 0 Å². The van der Waals surface area contributed by atoms with Crippen LogP contribution in [0.15, 0.2) is 0 Å². The van der Waals surface area contributed by atoms with Crippen LogP contribution in [-0.4, -0.2) is 48.7 Å². The first-order valence-electron chi connectivity index (χ1n) is 5.58. The lowest BCUT2D eigenvalue weighted by Crippen LogP contribution is -2.46. The zero-order chi connectivity index (χ0) is 11.5. The monoisotopic (exact) mass is 214 g/mol. The van der Waals surface area contributed by atoms with Gasteiger partial charge in [0.1, 0.15) is 0 Å². The number of carboxylic acids is 1. The molecule has 0 unspecified atom stereocenters. The highest BCUT2D eigenvalue weighted by Crippen LogP contribution is 2.20. The van der Waals surface area contributed by atoms with Crippen molar-refractivity contribution in [2.45, 2.75) is 32.7 Å². The Morgan fingerprint density at radius 1 is 1.47 bits per heavy atom. The summed E-state index contributed by atoms with van der Waals surface area (Å²) in [7, 11) is 2.03. The average molecular weight is 214 g/mol. The predicted octanol–water partition coefficient (Wildman–Crippen LogP) is 0.781. The number of carboxylic acid groups (broad SMARTS) is 1. The first-order chi connectivity index (χ1) is 6.93. The van der Waals surface area contributed by atoms with Crippen LogP contribution in [0.4, 0.5) is 0 Å². The summed E-state index contributed by atoms with van der Waals surface area (Å²) in [5.74, 6) is -0.719. The molecule has 0 aliphatic carbocycles. The van der Waals surface area contributed by atoms with Gasteiger partial charge in [0.25, 0.3) is 0 Å². The van der Waals surface area contributed by atoms with Crippen LogP contribution < -0.4 is 5.32 Å². The highest BCUT2D eigenvalue weighted by molar-refractivity contribution is 5.73. The molecule has 1 aliphatic rings. The lowest BCUT2D eigenvalue weighted by Gasteiger charge is -2.35. The van der Waals surface area contributed by atoms with E-state index in [2.05, 4.69) is 10.2 Å². The van der Waals surface area contributed by atoms with Crippen molar-refractivity contribution in [2.75, 3.05) is 26.7 Å². The van der Waals surface area contributed by atoms with E-state index < -0.39 is 11.4 Å². The summed E-state index contributed by atoms with van der Waals surface area (Å²) in [6.07, 6.45) is 2.23. The van der Waals surface area contributed by atoms with E-state index in [4.69, 9.17) is 5.11 Å². The number of hydrogen-bond acceptors (Lipinski definition) is 3. The number of hydrogen-bond donors (Lipinski definition) is 2. The van der Waals surface area contributed by atoms with Gasteiger partial charge < -0.3 is 15.3 Å². The fourth-order valence-electron chi connectivity index (χ4n) is 2.07. The van der Waals surface area contributed by atoms with Crippen molar-refractivity contribution >= 4 is 5.97 Å². The molecular formula is C11H22N2O2. The van der Waals surface area contributed by atoms with E-state index in [1.807, 2.05) is 7.05 Å². The lowest BCUT2D eigenvalue weighted by molar-refractivity contribution is -0.148. The summed E-state index contributed by atoms with van der Waals surface area (Å²) in [4.78, 5) is 13.2. The van der Waals surface area contributed by atoms with Gasteiger partial charge in [0.15, 0.2) is 0 Å². The molecule has 0 radical (unpaired) electrons. The van der Waals surface area contributed by atoms with Crippen molar-refractivity contribution in [3.8, 4) is 0 Å². The van der Waals surface area contributed by atoms with Crippen molar-refractivity contribution in [2.24, 2.45) is 5.41 Å². The molecule has 0 aromatic heterocycles. The van der Waals surface area contributed by atoms with Crippen LogP contribution in [0.2, 0.25) is 0 Å². The van der Waals surface area contributed by atoms with Crippen LogP contribution in [0.1, 0.15) is 26.7 Å². The number of aliphatic carboxylic acids is 1. The maximum atomic E-state index is 11.0. The SMILES string of the molecule is CN(CC(C)(C)C(=O)O)C1CCNCC1. The van der Waals surface area contributed by atoms with Crippen molar-refractivity contribution < 1.29 is 9.90 Å². The number of carbonyl (C=O) groups is 1. The Balaban J connectivity index is 2.46. The summed E-state index contributed by atoms with van der Waals surface area (Å²) in [6, 6.07) is 0.532. The van der Waals surface area contributed by atoms with Crippen LogP contribution >= 0.6 is 0 Å². The molecule has 4 heteroatoms. The number of piperidine rings is 1. The third-order valence-electron chi connectivity index (χ3n) is 3.16. The fourth-order valence-corrected chi connectivity index (χ4v) is 2.07. The maximum Gasteiger partial charge on any atom is 0.310 e. The Labute approximate surface area is 91.6 Å². The minimum Gasteiger partial charge on any atom is -0.481 e. The Morgan fingerprint density at radius 3 is 2.47 bits per heavy atom. The quantitative estimate of drug-likeness (QED) is 0.726. The van der Waals surface area contributed by atoms with Gasteiger partial charge >= 0.3 is 5.97 Å². The maximum absolute atomic E-state index is 11.0. The van der Waals surface area contributed by atoms with Gasteiger partial charge in [0.2, 0.25) is 0 Å². The molecule has 4 nitrogen and oxygen atoms in total. The number of nitrogens with zero attached hydrogens (tertiary/aromatic N) is 1. The molecule has 1 heterocycles. The van der Waals surface area contributed by atoms with E-state index in [-0.39, 0.29) is 0 Å². The van der Waals surface area contributed by atoms with Crippen molar-refractivity contribution in [1.82, 2.24) is 10.2 Å². The highest BCUT2D eigenvalue weighted by Gasteiger charge is 2.31. The van der Waals surface area contributed by atoms with E-state index in [1.165, 1.54) is 0 Å². The number of nitrogens with one attached hydrogen (secondary N) is 1. The minimum absolute atomic E-state index is 0.532. The van der Waals surface area contributed by atoms with Crippen LogP contribution in [-0.2, 0) is 4.79 Å². The zero-order valence-electron chi connectivity index (χ0n) is 9.92. The molecule has 0 aromatic rings. The molecule has 0 aromatic carbocycles. The van der Waals surface area contributed by atoms with Crippen molar-refractivity contribution in [3.05, 3.63) is 0 Å². The first kappa shape index (κ1) is 12.5. The Hall–Kier alpha value is -0.610. The molecule has 0 saturated carbocycles. The van der Waals surface area contributed by atoms with Crippen LogP contribution in [0, 0.1) is 5.41 Å². The second kappa shape index (κ2) is 4.94. The van der Waals surface area contributed by atoms with E-state index >= 15 is 0 Å².